The summed E-state index contributed by atoms with van der Waals surface area (Å²) >= 11 is 0. The zero-order valence-electron chi connectivity index (χ0n) is 15.2. The van der Waals surface area contributed by atoms with Crippen LogP contribution >= 0.6 is 0 Å². The van der Waals surface area contributed by atoms with Gasteiger partial charge in [-0.3, -0.25) is 9.36 Å². The first-order valence-electron chi connectivity index (χ1n) is 8.60. The van der Waals surface area contributed by atoms with Crippen molar-refractivity contribution in [1.82, 2.24) is 14.9 Å². The first-order chi connectivity index (χ1) is 12.5. The third-order valence-corrected chi connectivity index (χ3v) is 4.57. The van der Waals surface area contributed by atoms with Crippen LogP contribution in [0.1, 0.15) is 29.3 Å². The van der Waals surface area contributed by atoms with E-state index in [0.717, 1.165) is 24.1 Å². The molecule has 0 aliphatic carbocycles. The number of fused-ring (bicyclic) bond motifs is 1. The highest BCUT2D eigenvalue weighted by Gasteiger charge is 2.12. The Hall–Kier alpha value is -3.02. The standard InChI is InChI=1S/C20H23N3O3/c1-13(4-5-14-6-9-16(26-3)10-7-14)21-19(24)15-8-11-18-17(12-15)22-20(25)23(18)2/h6-13H,4-5H2,1-3H3,(H,21,24)(H,22,25). The molecular weight excluding hydrogens is 330 g/mol. The summed E-state index contributed by atoms with van der Waals surface area (Å²) in [6, 6.07) is 13.2. The van der Waals surface area contributed by atoms with E-state index < -0.39 is 0 Å². The molecule has 0 bridgehead atoms. The summed E-state index contributed by atoms with van der Waals surface area (Å²) in [5.41, 5.74) is 2.99. The Labute approximate surface area is 151 Å². The monoisotopic (exact) mass is 353 g/mol. The molecule has 1 heterocycles. The van der Waals surface area contributed by atoms with Gasteiger partial charge in [0, 0.05) is 18.7 Å². The van der Waals surface area contributed by atoms with Gasteiger partial charge in [-0.05, 0) is 55.7 Å². The molecule has 6 nitrogen and oxygen atoms in total. The number of benzene rings is 2. The molecule has 3 rings (SSSR count). The Morgan fingerprint density at radius 1 is 1.23 bits per heavy atom. The minimum atomic E-state index is -0.189. The number of hydrogen-bond acceptors (Lipinski definition) is 3. The van der Waals surface area contributed by atoms with Crippen LogP contribution in [-0.4, -0.2) is 28.6 Å². The number of aryl methyl sites for hydroxylation is 2. The van der Waals surface area contributed by atoms with Crippen LogP contribution < -0.4 is 15.7 Å². The number of rotatable bonds is 6. The molecule has 2 N–H and O–H groups in total. The van der Waals surface area contributed by atoms with Crippen molar-refractivity contribution in [1.29, 1.82) is 0 Å². The van der Waals surface area contributed by atoms with Gasteiger partial charge in [0.25, 0.3) is 5.91 Å². The van der Waals surface area contributed by atoms with Crippen molar-refractivity contribution in [2.24, 2.45) is 7.05 Å². The van der Waals surface area contributed by atoms with Gasteiger partial charge >= 0.3 is 5.69 Å². The van der Waals surface area contributed by atoms with E-state index in [9.17, 15) is 9.59 Å². The van der Waals surface area contributed by atoms with Gasteiger partial charge in [0.2, 0.25) is 0 Å². The lowest BCUT2D eigenvalue weighted by Crippen LogP contribution is -2.32. The van der Waals surface area contributed by atoms with E-state index in [1.807, 2.05) is 31.2 Å². The second-order valence-corrected chi connectivity index (χ2v) is 6.48. The molecule has 0 radical (unpaired) electrons. The number of H-pyrrole nitrogens is 1. The topological polar surface area (TPSA) is 76.1 Å². The highest BCUT2D eigenvalue weighted by molar-refractivity contribution is 5.97. The molecule has 0 saturated heterocycles. The van der Waals surface area contributed by atoms with Gasteiger partial charge in [0.05, 0.1) is 18.1 Å². The minimum Gasteiger partial charge on any atom is -0.497 e. The van der Waals surface area contributed by atoms with Crippen molar-refractivity contribution in [3.63, 3.8) is 0 Å². The molecule has 6 heteroatoms. The van der Waals surface area contributed by atoms with Gasteiger partial charge in [-0.25, -0.2) is 4.79 Å². The molecule has 1 amide bonds. The average Bonchev–Trinajstić information content (AvgIpc) is 2.94. The first kappa shape index (κ1) is 17.8. The van der Waals surface area contributed by atoms with Crippen molar-refractivity contribution >= 4 is 16.9 Å². The predicted molar refractivity (Wildman–Crippen MR) is 102 cm³/mol. The molecule has 1 aromatic heterocycles. The van der Waals surface area contributed by atoms with Crippen molar-refractivity contribution in [2.45, 2.75) is 25.8 Å². The number of amides is 1. The summed E-state index contributed by atoms with van der Waals surface area (Å²) < 4.78 is 6.68. The number of carbonyl (C=O) groups is 1. The Morgan fingerprint density at radius 2 is 1.96 bits per heavy atom. The highest BCUT2D eigenvalue weighted by Crippen LogP contribution is 2.14. The highest BCUT2D eigenvalue weighted by atomic mass is 16.5. The van der Waals surface area contributed by atoms with Crippen molar-refractivity contribution in [2.75, 3.05) is 7.11 Å². The number of methoxy groups -OCH3 is 1. The fourth-order valence-electron chi connectivity index (χ4n) is 2.93. The molecule has 2 aromatic carbocycles. The Balaban J connectivity index is 1.60. The van der Waals surface area contributed by atoms with Gasteiger partial charge in [0.15, 0.2) is 0 Å². The van der Waals surface area contributed by atoms with Crippen LogP contribution in [0, 0.1) is 0 Å². The van der Waals surface area contributed by atoms with Gasteiger partial charge < -0.3 is 15.0 Å². The molecule has 0 aliphatic heterocycles. The number of hydrogen-bond donors (Lipinski definition) is 2. The van der Waals surface area contributed by atoms with Crippen LogP contribution in [-0.2, 0) is 13.5 Å². The fraction of sp³-hybridized carbons (Fsp3) is 0.300. The van der Waals surface area contributed by atoms with E-state index in [4.69, 9.17) is 4.74 Å². The largest absolute Gasteiger partial charge is 0.497 e. The lowest BCUT2D eigenvalue weighted by atomic mass is 10.1. The summed E-state index contributed by atoms with van der Waals surface area (Å²) in [6.45, 7) is 1.99. The van der Waals surface area contributed by atoms with Crippen LogP contribution in [0.15, 0.2) is 47.3 Å². The van der Waals surface area contributed by atoms with E-state index in [1.54, 1.807) is 32.4 Å². The number of aromatic nitrogens is 2. The van der Waals surface area contributed by atoms with Crippen LogP contribution in [0.25, 0.3) is 11.0 Å². The van der Waals surface area contributed by atoms with E-state index in [2.05, 4.69) is 10.3 Å². The zero-order chi connectivity index (χ0) is 18.7. The van der Waals surface area contributed by atoms with Crippen molar-refractivity contribution in [3.8, 4) is 5.75 Å². The lowest BCUT2D eigenvalue weighted by Gasteiger charge is -2.14. The summed E-state index contributed by atoms with van der Waals surface area (Å²) in [5, 5.41) is 3.01. The molecule has 0 saturated carbocycles. The molecule has 26 heavy (non-hydrogen) atoms. The van der Waals surface area contributed by atoms with E-state index >= 15 is 0 Å². The summed E-state index contributed by atoms with van der Waals surface area (Å²) in [4.78, 5) is 26.9. The van der Waals surface area contributed by atoms with Crippen LogP contribution in [0.5, 0.6) is 5.75 Å². The third kappa shape index (κ3) is 3.79. The molecule has 1 atom stereocenters. The van der Waals surface area contributed by atoms with Crippen LogP contribution in [0.4, 0.5) is 0 Å². The maximum absolute atomic E-state index is 12.5. The van der Waals surface area contributed by atoms with Gasteiger partial charge in [0.1, 0.15) is 5.75 Å². The summed E-state index contributed by atoms with van der Waals surface area (Å²) in [5.74, 6) is 0.697. The van der Waals surface area contributed by atoms with E-state index in [1.165, 1.54) is 10.1 Å². The Kier molecular flexibility index (Phi) is 5.11. The average molecular weight is 353 g/mol. The van der Waals surface area contributed by atoms with Crippen LogP contribution in [0.3, 0.4) is 0 Å². The predicted octanol–water partition coefficient (Wildman–Crippen LogP) is 2.63. The lowest BCUT2D eigenvalue weighted by molar-refractivity contribution is 0.0938. The number of carbonyl (C=O) groups excluding carboxylic acids is 1. The fourth-order valence-corrected chi connectivity index (χ4v) is 2.93. The minimum absolute atomic E-state index is 0.0371. The zero-order valence-corrected chi connectivity index (χ0v) is 15.2. The summed E-state index contributed by atoms with van der Waals surface area (Å²) in [6.07, 6.45) is 1.71. The quantitative estimate of drug-likeness (QED) is 0.715. The first-order valence-corrected chi connectivity index (χ1v) is 8.60. The molecule has 0 aliphatic rings. The number of ether oxygens (including phenoxy) is 1. The van der Waals surface area contributed by atoms with Gasteiger partial charge in [-0.2, -0.15) is 0 Å². The molecule has 1 unspecified atom stereocenters. The second-order valence-electron chi connectivity index (χ2n) is 6.48. The number of nitrogens with zero attached hydrogens (tertiary/aromatic N) is 1. The molecule has 3 aromatic rings. The van der Waals surface area contributed by atoms with Crippen molar-refractivity contribution < 1.29 is 9.53 Å². The smallest absolute Gasteiger partial charge is 0.326 e. The number of nitrogens with one attached hydrogen (secondary N) is 2. The Bertz CT molecular complexity index is 970. The maximum atomic E-state index is 12.5. The molecule has 0 spiro atoms. The third-order valence-electron chi connectivity index (χ3n) is 4.57. The van der Waals surface area contributed by atoms with Crippen LogP contribution in [0.2, 0.25) is 0 Å². The summed E-state index contributed by atoms with van der Waals surface area (Å²) in [7, 11) is 3.34. The normalized spacial score (nSPS) is 12.1. The molecule has 0 fully saturated rings. The number of imidazole rings is 1. The molecular formula is C20H23N3O3. The van der Waals surface area contributed by atoms with Gasteiger partial charge in [-0.1, -0.05) is 12.1 Å². The van der Waals surface area contributed by atoms with E-state index in [-0.39, 0.29) is 17.6 Å². The van der Waals surface area contributed by atoms with E-state index in [0.29, 0.717) is 11.1 Å². The van der Waals surface area contributed by atoms with Crippen molar-refractivity contribution in [3.05, 3.63) is 64.1 Å². The van der Waals surface area contributed by atoms with Gasteiger partial charge in [-0.15, -0.1) is 0 Å². The SMILES string of the molecule is COc1ccc(CCC(C)NC(=O)c2ccc3c(c2)[nH]c(=O)n3C)cc1. The Morgan fingerprint density at radius 3 is 2.65 bits per heavy atom. The maximum Gasteiger partial charge on any atom is 0.326 e. The molecule has 136 valence electrons. The second kappa shape index (κ2) is 7.47. The number of aromatic amines is 1.